The number of fused-ring (bicyclic) bond motifs is 1. The van der Waals surface area contributed by atoms with E-state index in [9.17, 15) is 9.18 Å². The fraction of sp³-hybridized carbons (Fsp3) is 0.240. The second-order valence-corrected chi connectivity index (χ2v) is 7.98. The molecule has 7 heteroatoms. The van der Waals surface area contributed by atoms with Crippen LogP contribution in [0.4, 0.5) is 4.39 Å². The summed E-state index contributed by atoms with van der Waals surface area (Å²) in [4.78, 5) is 18.1. The Morgan fingerprint density at radius 1 is 1.16 bits per heavy atom. The van der Waals surface area contributed by atoms with Gasteiger partial charge in [0.05, 0.1) is 42.0 Å². The van der Waals surface area contributed by atoms with Crippen molar-refractivity contribution >= 4 is 16.9 Å². The molecule has 1 atom stereocenters. The van der Waals surface area contributed by atoms with Gasteiger partial charge in [0.2, 0.25) is 0 Å². The molecule has 32 heavy (non-hydrogen) atoms. The van der Waals surface area contributed by atoms with Gasteiger partial charge in [0.15, 0.2) is 5.65 Å². The van der Waals surface area contributed by atoms with Crippen molar-refractivity contribution in [3.05, 3.63) is 83.8 Å². The first-order valence-electron chi connectivity index (χ1n) is 10.7. The summed E-state index contributed by atoms with van der Waals surface area (Å²) in [5.41, 5.74) is 3.46. The number of rotatable bonds is 5. The minimum atomic E-state index is -0.299. The summed E-state index contributed by atoms with van der Waals surface area (Å²) in [6.07, 6.45) is 3.48. The van der Waals surface area contributed by atoms with Crippen LogP contribution in [0.25, 0.3) is 22.3 Å². The molecule has 2 aromatic carbocycles. The van der Waals surface area contributed by atoms with E-state index >= 15 is 0 Å². The van der Waals surface area contributed by atoms with E-state index in [0.717, 1.165) is 30.6 Å². The Morgan fingerprint density at radius 3 is 2.81 bits per heavy atom. The average Bonchev–Trinajstić information content (AvgIpc) is 3.22. The Hall–Kier alpha value is -3.58. The maximum Gasteiger partial charge on any atom is 0.252 e. The number of carbonyl (C=O) groups is 1. The van der Waals surface area contributed by atoms with Crippen molar-refractivity contribution in [2.45, 2.75) is 25.4 Å². The number of benzene rings is 2. The molecule has 1 aliphatic rings. The van der Waals surface area contributed by atoms with E-state index in [1.54, 1.807) is 16.9 Å². The summed E-state index contributed by atoms with van der Waals surface area (Å²) in [6.45, 7) is 1.60. The van der Waals surface area contributed by atoms with Gasteiger partial charge >= 0.3 is 0 Å². The third-order valence-corrected chi connectivity index (χ3v) is 5.64. The summed E-state index contributed by atoms with van der Waals surface area (Å²) < 4.78 is 20.9. The highest BCUT2D eigenvalue weighted by molar-refractivity contribution is 6.06. The minimum absolute atomic E-state index is 0.0121. The van der Waals surface area contributed by atoms with Crippen LogP contribution in [0.5, 0.6) is 0 Å². The number of hydrogen-bond donors (Lipinski definition) is 1. The molecule has 1 N–H and O–H groups in total. The maximum absolute atomic E-state index is 13.7. The molecule has 1 saturated heterocycles. The number of aromatic nitrogens is 3. The molecule has 1 fully saturated rings. The summed E-state index contributed by atoms with van der Waals surface area (Å²) in [5, 5.41) is 8.23. The molecular formula is C25H23FN4O2. The molecule has 162 valence electrons. The smallest absolute Gasteiger partial charge is 0.252 e. The van der Waals surface area contributed by atoms with Gasteiger partial charge in [0, 0.05) is 12.2 Å². The van der Waals surface area contributed by atoms with Gasteiger partial charge in [-0.05, 0) is 36.6 Å². The zero-order valence-electron chi connectivity index (χ0n) is 17.5. The van der Waals surface area contributed by atoms with Crippen LogP contribution in [-0.4, -0.2) is 39.9 Å². The standard InChI is InChI=1S/C25H23FN4O2/c26-19-9-4-6-17(12-19)15-30-24-22(14-27-30)21(25(31)28-20-10-5-11-32-16-20)13-23(29-24)18-7-2-1-3-8-18/h1-4,6-9,12-14,20H,5,10-11,15-16H2,(H,28,31). The molecule has 2 aromatic heterocycles. The van der Waals surface area contributed by atoms with Crippen molar-refractivity contribution in [3.63, 3.8) is 0 Å². The zero-order valence-corrected chi connectivity index (χ0v) is 17.5. The lowest BCUT2D eigenvalue weighted by Gasteiger charge is -2.23. The van der Waals surface area contributed by atoms with Crippen molar-refractivity contribution in [1.29, 1.82) is 0 Å². The lowest BCUT2D eigenvalue weighted by atomic mass is 10.1. The van der Waals surface area contributed by atoms with Crippen LogP contribution in [-0.2, 0) is 11.3 Å². The lowest BCUT2D eigenvalue weighted by molar-refractivity contribution is 0.0625. The summed E-state index contributed by atoms with van der Waals surface area (Å²) >= 11 is 0. The molecule has 3 heterocycles. The molecule has 6 nitrogen and oxygen atoms in total. The highest BCUT2D eigenvalue weighted by Crippen LogP contribution is 2.26. The Morgan fingerprint density at radius 2 is 2.03 bits per heavy atom. The average molecular weight is 430 g/mol. The predicted octanol–water partition coefficient (Wildman–Crippen LogP) is 4.19. The van der Waals surface area contributed by atoms with Gasteiger partial charge in [-0.1, -0.05) is 42.5 Å². The van der Waals surface area contributed by atoms with Gasteiger partial charge < -0.3 is 10.1 Å². The van der Waals surface area contributed by atoms with Crippen molar-refractivity contribution in [1.82, 2.24) is 20.1 Å². The van der Waals surface area contributed by atoms with E-state index in [2.05, 4.69) is 10.4 Å². The van der Waals surface area contributed by atoms with E-state index in [4.69, 9.17) is 9.72 Å². The predicted molar refractivity (Wildman–Crippen MR) is 120 cm³/mol. The van der Waals surface area contributed by atoms with E-state index in [-0.39, 0.29) is 17.8 Å². The topological polar surface area (TPSA) is 69.0 Å². The molecule has 1 aliphatic heterocycles. The number of ether oxygens (including phenoxy) is 1. The second kappa shape index (κ2) is 8.88. The molecule has 1 unspecified atom stereocenters. The molecule has 0 saturated carbocycles. The number of pyridine rings is 1. The number of nitrogens with zero attached hydrogens (tertiary/aromatic N) is 3. The van der Waals surface area contributed by atoms with Crippen LogP contribution >= 0.6 is 0 Å². The number of carbonyl (C=O) groups excluding carboxylic acids is 1. The quantitative estimate of drug-likeness (QED) is 0.515. The van der Waals surface area contributed by atoms with Gasteiger partial charge in [0.1, 0.15) is 5.82 Å². The number of hydrogen-bond acceptors (Lipinski definition) is 4. The van der Waals surface area contributed by atoms with Crippen molar-refractivity contribution in [3.8, 4) is 11.3 Å². The van der Waals surface area contributed by atoms with Crippen molar-refractivity contribution in [2.24, 2.45) is 0 Å². The normalized spacial score (nSPS) is 16.2. The van der Waals surface area contributed by atoms with Gasteiger partial charge in [-0.25, -0.2) is 14.1 Å². The van der Waals surface area contributed by atoms with Crippen LogP contribution in [0.3, 0.4) is 0 Å². The van der Waals surface area contributed by atoms with E-state index in [1.807, 2.05) is 42.5 Å². The van der Waals surface area contributed by atoms with Crippen LogP contribution in [0.1, 0.15) is 28.8 Å². The molecule has 1 amide bonds. The van der Waals surface area contributed by atoms with Gasteiger partial charge in [-0.2, -0.15) is 5.10 Å². The van der Waals surface area contributed by atoms with Crippen LogP contribution in [0, 0.1) is 5.82 Å². The molecule has 0 bridgehead atoms. The second-order valence-electron chi connectivity index (χ2n) is 7.98. The molecule has 5 rings (SSSR count). The van der Waals surface area contributed by atoms with Crippen molar-refractivity contribution in [2.75, 3.05) is 13.2 Å². The molecule has 0 spiro atoms. The lowest BCUT2D eigenvalue weighted by Crippen LogP contribution is -2.40. The third kappa shape index (κ3) is 4.24. The SMILES string of the molecule is O=C(NC1CCCOC1)c1cc(-c2ccccc2)nc2c1cnn2Cc1cccc(F)c1. The fourth-order valence-corrected chi connectivity index (χ4v) is 4.03. The van der Waals surface area contributed by atoms with Gasteiger partial charge in [-0.15, -0.1) is 0 Å². The number of amides is 1. The highest BCUT2D eigenvalue weighted by atomic mass is 19.1. The third-order valence-electron chi connectivity index (χ3n) is 5.64. The number of halogens is 1. The Kier molecular flexibility index (Phi) is 5.64. The zero-order chi connectivity index (χ0) is 21.9. The van der Waals surface area contributed by atoms with Crippen LogP contribution in [0.15, 0.2) is 66.9 Å². The van der Waals surface area contributed by atoms with Crippen molar-refractivity contribution < 1.29 is 13.9 Å². The largest absolute Gasteiger partial charge is 0.379 e. The highest BCUT2D eigenvalue weighted by Gasteiger charge is 2.21. The summed E-state index contributed by atoms with van der Waals surface area (Å²) in [7, 11) is 0. The number of nitrogens with one attached hydrogen (secondary N) is 1. The Balaban J connectivity index is 1.57. The van der Waals surface area contributed by atoms with Gasteiger partial charge in [-0.3, -0.25) is 4.79 Å². The molecular weight excluding hydrogens is 407 g/mol. The van der Waals surface area contributed by atoms with Gasteiger partial charge in [0.25, 0.3) is 5.91 Å². The summed E-state index contributed by atoms with van der Waals surface area (Å²) in [6, 6.07) is 17.9. The monoisotopic (exact) mass is 430 g/mol. The first-order chi connectivity index (χ1) is 15.7. The van der Waals surface area contributed by atoms with E-state index in [1.165, 1.54) is 12.1 Å². The van der Waals surface area contributed by atoms with E-state index < -0.39 is 0 Å². The fourth-order valence-electron chi connectivity index (χ4n) is 4.03. The summed E-state index contributed by atoms with van der Waals surface area (Å²) in [5.74, 6) is -0.470. The first kappa shape index (κ1) is 20.3. The molecule has 0 radical (unpaired) electrons. The Bertz CT molecular complexity index is 1250. The molecule has 0 aliphatic carbocycles. The first-order valence-corrected chi connectivity index (χ1v) is 10.7. The van der Waals surface area contributed by atoms with Crippen LogP contribution < -0.4 is 5.32 Å². The Labute approximate surface area is 185 Å². The minimum Gasteiger partial charge on any atom is -0.379 e. The molecule has 4 aromatic rings. The van der Waals surface area contributed by atoms with E-state index in [0.29, 0.717) is 35.4 Å². The maximum atomic E-state index is 13.7. The van der Waals surface area contributed by atoms with Crippen LogP contribution in [0.2, 0.25) is 0 Å².